The van der Waals surface area contributed by atoms with E-state index in [0.717, 1.165) is 29.9 Å². The highest BCUT2D eigenvalue weighted by atomic mass is 16.5. The van der Waals surface area contributed by atoms with Crippen molar-refractivity contribution in [1.29, 1.82) is 0 Å². The van der Waals surface area contributed by atoms with Crippen molar-refractivity contribution >= 4 is 17.4 Å². The van der Waals surface area contributed by atoms with Crippen LogP contribution in [0.3, 0.4) is 0 Å². The number of hydrogen-bond acceptors (Lipinski definition) is 5. The highest BCUT2D eigenvalue weighted by Crippen LogP contribution is 2.38. The number of nitrogens with zero attached hydrogens (tertiary/aromatic N) is 3. The Bertz CT molecular complexity index is 916. The van der Waals surface area contributed by atoms with Crippen LogP contribution in [0.25, 0.3) is 0 Å². The second-order valence-corrected chi connectivity index (χ2v) is 9.07. The highest BCUT2D eigenvalue weighted by molar-refractivity contribution is 5.99. The SMILES string of the molecule is Cc1ccc(N2CCOc3c(C(=O)NC4CCC(N5CCCC5)CC4)cccc32)nc1. The predicted molar refractivity (Wildman–Crippen MR) is 122 cm³/mol. The van der Waals surface area contributed by atoms with Crippen molar-refractivity contribution in [3.63, 3.8) is 0 Å². The van der Waals surface area contributed by atoms with Crippen molar-refractivity contribution in [2.75, 3.05) is 31.1 Å². The second-order valence-electron chi connectivity index (χ2n) is 9.07. The zero-order chi connectivity index (χ0) is 21.2. The molecule has 0 bridgehead atoms. The summed E-state index contributed by atoms with van der Waals surface area (Å²) in [6.07, 6.45) is 9.03. The van der Waals surface area contributed by atoms with Crippen molar-refractivity contribution in [2.45, 2.75) is 57.5 Å². The number of nitrogens with one attached hydrogen (secondary N) is 1. The van der Waals surface area contributed by atoms with E-state index >= 15 is 0 Å². The number of hydrogen-bond donors (Lipinski definition) is 1. The number of ether oxygens (including phenoxy) is 1. The summed E-state index contributed by atoms with van der Waals surface area (Å²) in [5.74, 6) is 1.52. The minimum Gasteiger partial charge on any atom is -0.489 e. The molecule has 1 aromatic heterocycles. The summed E-state index contributed by atoms with van der Waals surface area (Å²) in [6.45, 7) is 5.79. The molecule has 5 rings (SSSR count). The molecule has 3 heterocycles. The van der Waals surface area contributed by atoms with Gasteiger partial charge in [-0.25, -0.2) is 4.98 Å². The van der Waals surface area contributed by atoms with Crippen molar-refractivity contribution < 1.29 is 9.53 Å². The van der Waals surface area contributed by atoms with Gasteiger partial charge in [-0.2, -0.15) is 0 Å². The zero-order valence-corrected chi connectivity index (χ0v) is 18.3. The van der Waals surface area contributed by atoms with Crippen molar-refractivity contribution in [3.8, 4) is 5.75 Å². The molecule has 1 aromatic carbocycles. The Kier molecular flexibility index (Phi) is 5.81. The minimum atomic E-state index is -0.0276. The van der Waals surface area contributed by atoms with E-state index in [1.165, 1.54) is 38.8 Å². The number of benzene rings is 1. The van der Waals surface area contributed by atoms with Crippen molar-refractivity contribution in [3.05, 3.63) is 47.7 Å². The number of pyridine rings is 1. The van der Waals surface area contributed by atoms with Crippen LogP contribution in [-0.4, -0.2) is 54.1 Å². The number of likely N-dealkylation sites (tertiary alicyclic amines) is 1. The molecule has 2 fully saturated rings. The number of carbonyl (C=O) groups is 1. The van der Waals surface area contributed by atoms with Crippen molar-refractivity contribution in [1.82, 2.24) is 15.2 Å². The first kappa shape index (κ1) is 20.3. The average molecular weight is 421 g/mol. The van der Waals surface area contributed by atoms with E-state index in [0.29, 0.717) is 30.5 Å². The molecule has 6 nitrogen and oxygen atoms in total. The maximum atomic E-state index is 13.2. The number of para-hydroxylation sites is 1. The maximum Gasteiger partial charge on any atom is 0.255 e. The highest BCUT2D eigenvalue weighted by Gasteiger charge is 2.30. The van der Waals surface area contributed by atoms with E-state index in [2.05, 4.69) is 26.2 Å². The Hall–Kier alpha value is -2.60. The molecular weight excluding hydrogens is 388 g/mol. The fraction of sp³-hybridized carbons (Fsp3) is 0.520. The lowest BCUT2D eigenvalue weighted by Crippen LogP contribution is -2.43. The smallest absolute Gasteiger partial charge is 0.255 e. The van der Waals surface area contributed by atoms with Crippen LogP contribution in [0.2, 0.25) is 0 Å². The summed E-state index contributed by atoms with van der Waals surface area (Å²) in [7, 11) is 0. The number of rotatable bonds is 4. The number of aryl methyl sites for hydroxylation is 1. The zero-order valence-electron chi connectivity index (χ0n) is 18.3. The van der Waals surface area contributed by atoms with Crippen molar-refractivity contribution in [2.24, 2.45) is 0 Å². The molecule has 2 aromatic rings. The van der Waals surface area contributed by atoms with Crippen LogP contribution in [-0.2, 0) is 0 Å². The van der Waals surface area contributed by atoms with E-state index in [9.17, 15) is 4.79 Å². The Morgan fingerprint density at radius 3 is 2.61 bits per heavy atom. The van der Waals surface area contributed by atoms with E-state index in [-0.39, 0.29) is 11.9 Å². The van der Waals surface area contributed by atoms with Gasteiger partial charge in [-0.3, -0.25) is 4.79 Å². The van der Waals surface area contributed by atoms with Gasteiger partial charge in [-0.1, -0.05) is 12.1 Å². The largest absolute Gasteiger partial charge is 0.489 e. The molecule has 0 spiro atoms. The number of fused-ring (bicyclic) bond motifs is 1. The Labute approximate surface area is 184 Å². The van der Waals surface area contributed by atoms with E-state index < -0.39 is 0 Å². The molecule has 1 saturated carbocycles. The lowest BCUT2D eigenvalue weighted by molar-refractivity contribution is 0.0906. The molecule has 3 aliphatic rings. The maximum absolute atomic E-state index is 13.2. The summed E-state index contributed by atoms with van der Waals surface area (Å²) >= 11 is 0. The van der Waals surface area contributed by atoms with E-state index in [1.807, 2.05) is 37.4 Å². The quantitative estimate of drug-likeness (QED) is 0.808. The molecule has 2 aliphatic heterocycles. The number of anilines is 2. The van der Waals surface area contributed by atoms with Crippen LogP contribution in [0.5, 0.6) is 5.75 Å². The molecular formula is C25H32N4O2. The molecule has 1 aliphatic carbocycles. The van der Waals surface area contributed by atoms with Gasteiger partial charge in [0.1, 0.15) is 12.4 Å². The van der Waals surface area contributed by atoms with Gasteiger partial charge in [-0.05, 0) is 82.3 Å². The first-order chi connectivity index (χ1) is 15.2. The van der Waals surface area contributed by atoms with Gasteiger partial charge < -0.3 is 19.9 Å². The van der Waals surface area contributed by atoms with E-state index in [4.69, 9.17) is 4.74 Å². The molecule has 164 valence electrons. The van der Waals surface area contributed by atoms with Crippen LogP contribution in [0, 0.1) is 6.92 Å². The van der Waals surface area contributed by atoms with Crippen LogP contribution < -0.4 is 15.0 Å². The molecule has 6 heteroatoms. The third kappa shape index (κ3) is 4.26. The summed E-state index contributed by atoms with van der Waals surface area (Å²) in [4.78, 5) is 22.5. The lowest BCUT2D eigenvalue weighted by atomic mass is 9.90. The van der Waals surface area contributed by atoms with Gasteiger partial charge in [0.2, 0.25) is 0 Å². The van der Waals surface area contributed by atoms with Gasteiger partial charge in [0.25, 0.3) is 5.91 Å². The molecule has 0 unspecified atom stereocenters. The van der Waals surface area contributed by atoms with Gasteiger partial charge in [0.05, 0.1) is 17.8 Å². The third-order valence-corrected chi connectivity index (χ3v) is 6.95. The van der Waals surface area contributed by atoms with Crippen LogP contribution in [0.4, 0.5) is 11.5 Å². The monoisotopic (exact) mass is 420 g/mol. The summed E-state index contributed by atoms with van der Waals surface area (Å²) in [6, 6.07) is 10.9. The van der Waals surface area contributed by atoms with E-state index in [1.54, 1.807) is 0 Å². The van der Waals surface area contributed by atoms with Gasteiger partial charge in [-0.15, -0.1) is 0 Å². The molecule has 31 heavy (non-hydrogen) atoms. The average Bonchev–Trinajstić information content (AvgIpc) is 3.34. The number of aromatic nitrogens is 1. The molecule has 1 amide bonds. The Morgan fingerprint density at radius 1 is 1.06 bits per heavy atom. The first-order valence-corrected chi connectivity index (χ1v) is 11.7. The summed E-state index contributed by atoms with van der Waals surface area (Å²) < 4.78 is 5.99. The van der Waals surface area contributed by atoms with Gasteiger partial charge in [0, 0.05) is 18.3 Å². The predicted octanol–water partition coefficient (Wildman–Crippen LogP) is 4.06. The fourth-order valence-electron chi connectivity index (χ4n) is 5.24. The topological polar surface area (TPSA) is 57.7 Å². The summed E-state index contributed by atoms with van der Waals surface area (Å²) in [5.41, 5.74) is 2.66. The number of carbonyl (C=O) groups excluding carboxylic acids is 1. The first-order valence-electron chi connectivity index (χ1n) is 11.7. The minimum absolute atomic E-state index is 0.0276. The molecule has 1 saturated heterocycles. The molecule has 0 radical (unpaired) electrons. The standard InChI is InChI=1S/C25H32N4O2/c1-18-7-12-23(26-17-18)29-15-16-31-24-21(5-4-6-22(24)29)25(30)27-19-8-10-20(11-9-19)28-13-2-3-14-28/h4-7,12,17,19-20H,2-3,8-11,13-16H2,1H3,(H,27,30). The fourth-order valence-corrected chi connectivity index (χ4v) is 5.24. The lowest BCUT2D eigenvalue weighted by Gasteiger charge is -2.35. The normalized spacial score (nSPS) is 23.8. The van der Waals surface area contributed by atoms with Crippen LogP contribution in [0.15, 0.2) is 36.5 Å². The Balaban J connectivity index is 1.28. The second kappa shape index (κ2) is 8.87. The third-order valence-electron chi connectivity index (χ3n) is 6.95. The molecule has 1 N–H and O–H groups in total. The Morgan fingerprint density at radius 2 is 1.87 bits per heavy atom. The van der Waals surface area contributed by atoms with Gasteiger partial charge >= 0.3 is 0 Å². The number of amides is 1. The van der Waals surface area contributed by atoms with Crippen LogP contribution in [0.1, 0.15) is 54.4 Å². The van der Waals surface area contributed by atoms with Gasteiger partial charge in [0.15, 0.2) is 5.75 Å². The summed E-state index contributed by atoms with van der Waals surface area (Å²) in [5, 5.41) is 3.29. The molecule has 0 atom stereocenters. The van der Waals surface area contributed by atoms with Crippen LogP contribution >= 0.6 is 0 Å².